The second kappa shape index (κ2) is 5.63. The van der Waals surface area contributed by atoms with Gasteiger partial charge in [-0.25, -0.2) is 4.39 Å². The summed E-state index contributed by atoms with van der Waals surface area (Å²) in [5.41, 5.74) is 6.15. The zero-order valence-corrected chi connectivity index (χ0v) is 10.3. The number of benzene rings is 1. The summed E-state index contributed by atoms with van der Waals surface area (Å²) in [6.45, 7) is 2.47. The Morgan fingerprint density at radius 3 is 2.76 bits per heavy atom. The summed E-state index contributed by atoms with van der Waals surface area (Å²) in [5, 5.41) is 7.43. The number of anilines is 1. The summed E-state index contributed by atoms with van der Waals surface area (Å²) in [5.74, 6) is -0.749. The molecule has 0 heterocycles. The van der Waals surface area contributed by atoms with Crippen molar-refractivity contribution in [1.82, 2.24) is 0 Å². The second-order valence-corrected chi connectivity index (χ2v) is 3.96. The molecule has 0 bridgehead atoms. The lowest BCUT2D eigenvalue weighted by molar-refractivity contribution is 0.183. The normalized spacial score (nSPS) is 12.2. The molecule has 0 aliphatic heterocycles. The van der Waals surface area contributed by atoms with Gasteiger partial charge in [-0.3, -0.25) is 5.41 Å². The summed E-state index contributed by atoms with van der Waals surface area (Å²) >= 11 is 0. The molecule has 3 N–H and O–H groups in total. The fourth-order valence-corrected chi connectivity index (χ4v) is 1.66. The molecule has 0 saturated carbocycles. The lowest BCUT2D eigenvalue weighted by Gasteiger charge is -2.28. The second-order valence-electron chi connectivity index (χ2n) is 3.96. The van der Waals surface area contributed by atoms with Crippen LogP contribution in [0.15, 0.2) is 18.2 Å². The predicted molar refractivity (Wildman–Crippen MR) is 67.2 cm³/mol. The zero-order valence-electron chi connectivity index (χ0n) is 10.3. The number of nitrogens with one attached hydrogen (secondary N) is 1. The first-order valence-corrected chi connectivity index (χ1v) is 5.33. The fourth-order valence-electron chi connectivity index (χ4n) is 1.66. The molecule has 1 unspecified atom stereocenters. The molecule has 0 aliphatic carbocycles. The first-order chi connectivity index (χ1) is 7.99. The molecule has 0 amide bonds. The van der Waals surface area contributed by atoms with Gasteiger partial charge in [-0.2, -0.15) is 0 Å². The molecule has 0 fully saturated rings. The van der Waals surface area contributed by atoms with Crippen LogP contribution in [0.4, 0.5) is 10.1 Å². The molecule has 1 rings (SSSR count). The van der Waals surface area contributed by atoms with Gasteiger partial charge in [0.25, 0.3) is 0 Å². The lowest BCUT2D eigenvalue weighted by Crippen LogP contribution is -2.34. The van der Waals surface area contributed by atoms with Gasteiger partial charge in [-0.1, -0.05) is 6.07 Å². The molecule has 17 heavy (non-hydrogen) atoms. The Labute approximate surface area is 101 Å². The van der Waals surface area contributed by atoms with E-state index in [4.69, 9.17) is 15.9 Å². The van der Waals surface area contributed by atoms with Gasteiger partial charge in [-0.05, 0) is 19.1 Å². The lowest BCUT2D eigenvalue weighted by atomic mass is 10.1. The van der Waals surface area contributed by atoms with E-state index in [0.29, 0.717) is 12.3 Å². The number of nitrogens with two attached hydrogens (primary N) is 1. The number of hydrogen-bond donors (Lipinski definition) is 2. The number of likely N-dealkylation sites (N-methyl/N-ethyl adjacent to an activating group) is 1. The molecule has 1 aromatic carbocycles. The number of nitrogen functional groups attached to an aromatic ring is 1. The van der Waals surface area contributed by atoms with Crippen molar-refractivity contribution in [3.63, 3.8) is 0 Å². The van der Waals surface area contributed by atoms with Crippen LogP contribution in [0.1, 0.15) is 12.5 Å². The van der Waals surface area contributed by atoms with Gasteiger partial charge in [0.2, 0.25) is 0 Å². The van der Waals surface area contributed by atoms with Crippen LogP contribution in [0.3, 0.4) is 0 Å². The van der Waals surface area contributed by atoms with Gasteiger partial charge < -0.3 is 15.4 Å². The number of methoxy groups -OCH3 is 1. The van der Waals surface area contributed by atoms with E-state index >= 15 is 0 Å². The van der Waals surface area contributed by atoms with Crippen molar-refractivity contribution in [3.8, 4) is 0 Å². The summed E-state index contributed by atoms with van der Waals surface area (Å²) in [6, 6.07) is 4.72. The van der Waals surface area contributed by atoms with Crippen LogP contribution < -0.4 is 10.6 Å². The smallest absolute Gasteiger partial charge is 0.136 e. The van der Waals surface area contributed by atoms with Crippen molar-refractivity contribution in [2.75, 3.05) is 25.7 Å². The number of nitrogens with zero attached hydrogens (tertiary/aromatic N) is 1. The van der Waals surface area contributed by atoms with Crippen LogP contribution in [-0.2, 0) is 4.74 Å². The molecule has 4 nitrogen and oxygen atoms in total. The molecule has 1 aromatic rings. The number of amidine groups is 1. The number of ether oxygens (including phenoxy) is 1. The van der Waals surface area contributed by atoms with Crippen molar-refractivity contribution in [2.24, 2.45) is 5.73 Å². The standard InChI is InChI=1S/C12H18FN3O/c1-8(7-17-3)16(2)10-6-4-5-9(13)11(10)12(14)15/h4-6,8H,7H2,1-3H3,(H3,14,15). The summed E-state index contributed by atoms with van der Waals surface area (Å²) in [6.07, 6.45) is 0. The quantitative estimate of drug-likeness (QED) is 0.605. The van der Waals surface area contributed by atoms with Gasteiger partial charge in [0.05, 0.1) is 17.9 Å². The summed E-state index contributed by atoms with van der Waals surface area (Å²) in [4.78, 5) is 1.85. The van der Waals surface area contributed by atoms with E-state index in [1.807, 2.05) is 18.9 Å². The Kier molecular flexibility index (Phi) is 4.45. The first kappa shape index (κ1) is 13.4. The molecule has 0 radical (unpaired) electrons. The van der Waals surface area contributed by atoms with Crippen LogP contribution in [0, 0.1) is 11.2 Å². The first-order valence-electron chi connectivity index (χ1n) is 5.33. The minimum atomic E-state index is -0.480. The maximum atomic E-state index is 13.6. The molecular weight excluding hydrogens is 221 g/mol. The van der Waals surface area contributed by atoms with Crippen LogP contribution in [0.25, 0.3) is 0 Å². The average molecular weight is 239 g/mol. The highest BCUT2D eigenvalue weighted by Gasteiger charge is 2.17. The van der Waals surface area contributed by atoms with Gasteiger partial charge in [0.15, 0.2) is 0 Å². The van der Waals surface area contributed by atoms with Crippen molar-refractivity contribution in [1.29, 1.82) is 5.41 Å². The van der Waals surface area contributed by atoms with E-state index in [9.17, 15) is 4.39 Å². The van der Waals surface area contributed by atoms with Crippen LogP contribution in [0.5, 0.6) is 0 Å². The number of halogens is 1. The highest BCUT2D eigenvalue weighted by atomic mass is 19.1. The van der Waals surface area contributed by atoms with Gasteiger partial charge >= 0.3 is 0 Å². The Bertz CT molecular complexity index is 409. The van der Waals surface area contributed by atoms with Gasteiger partial charge in [0, 0.05) is 20.2 Å². The molecule has 1 atom stereocenters. The van der Waals surface area contributed by atoms with E-state index in [0.717, 1.165) is 0 Å². The monoisotopic (exact) mass is 239 g/mol. The number of rotatable bonds is 5. The van der Waals surface area contributed by atoms with Crippen LogP contribution in [-0.4, -0.2) is 32.6 Å². The maximum absolute atomic E-state index is 13.6. The Morgan fingerprint density at radius 2 is 2.24 bits per heavy atom. The average Bonchev–Trinajstić information content (AvgIpc) is 2.27. The van der Waals surface area contributed by atoms with E-state index in [1.165, 1.54) is 6.07 Å². The predicted octanol–water partition coefficient (Wildman–Crippen LogP) is 1.58. The molecule has 94 valence electrons. The topological polar surface area (TPSA) is 62.3 Å². The van der Waals surface area contributed by atoms with Crippen molar-refractivity contribution >= 4 is 11.5 Å². The third-order valence-electron chi connectivity index (χ3n) is 2.71. The molecule has 0 aromatic heterocycles. The van der Waals surface area contributed by atoms with Crippen LogP contribution >= 0.6 is 0 Å². The third kappa shape index (κ3) is 2.94. The van der Waals surface area contributed by atoms with Crippen molar-refractivity contribution in [2.45, 2.75) is 13.0 Å². The Morgan fingerprint density at radius 1 is 1.59 bits per heavy atom. The number of hydrogen-bond acceptors (Lipinski definition) is 3. The third-order valence-corrected chi connectivity index (χ3v) is 2.71. The fraction of sp³-hybridized carbons (Fsp3) is 0.417. The van der Waals surface area contributed by atoms with E-state index in [-0.39, 0.29) is 17.4 Å². The molecule has 5 heteroatoms. The van der Waals surface area contributed by atoms with Gasteiger partial charge in [0.1, 0.15) is 11.7 Å². The SMILES string of the molecule is COCC(C)N(C)c1cccc(F)c1C(=N)N. The van der Waals surface area contributed by atoms with E-state index < -0.39 is 5.82 Å². The Balaban J connectivity index is 3.13. The van der Waals surface area contributed by atoms with E-state index in [1.54, 1.807) is 19.2 Å². The Hall–Kier alpha value is -1.62. The minimum Gasteiger partial charge on any atom is -0.384 e. The molecular formula is C12H18FN3O. The van der Waals surface area contributed by atoms with Crippen molar-refractivity contribution < 1.29 is 9.13 Å². The molecule has 0 aliphatic rings. The van der Waals surface area contributed by atoms with Crippen molar-refractivity contribution in [3.05, 3.63) is 29.6 Å². The minimum absolute atomic E-state index is 0.0694. The van der Waals surface area contributed by atoms with Gasteiger partial charge in [-0.15, -0.1) is 0 Å². The summed E-state index contributed by atoms with van der Waals surface area (Å²) in [7, 11) is 3.44. The maximum Gasteiger partial charge on any atom is 0.136 e. The molecule has 0 spiro atoms. The zero-order chi connectivity index (χ0) is 13.0. The molecule has 0 saturated heterocycles. The largest absolute Gasteiger partial charge is 0.384 e. The highest BCUT2D eigenvalue weighted by Crippen LogP contribution is 2.23. The van der Waals surface area contributed by atoms with E-state index in [2.05, 4.69) is 0 Å². The van der Waals surface area contributed by atoms with Crippen LogP contribution in [0.2, 0.25) is 0 Å². The summed E-state index contributed by atoms with van der Waals surface area (Å²) < 4.78 is 18.7. The highest BCUT2D eigenvalue weighted by molar-refractivity contribution is 6.00.